The molecule has 0 aliphatic carbocycles. The highest BCUT2D eigenvalue weighted by Crippen LogP contribution is 2.30. The molecule has 78 valence electrons. The van der Waals surface area contributed by atoms with Crippen molar-refractivity contribution in [2.45, 2.75) is 19.1 Å². The van der Waals surface area contributed by atoms with Crippen LogP contribution in [-0.2, 0) is 0 Å². The molecule has 2 N–H and O–H groups in total. The summed E-state index contributed by atoms with van der Waals surface area (Å²) in [6.45, 7) is 1.33. The van der Waals surface area contributed by atoms with Crippen LogP contribution in [0.5, 0.6) is 0 Å². The number of aromatic nitrogens is 1. The van der Waals surface area contributed by atoms with Crippen LogP contribution in [0.15, 0.2) is 12.3 Å². The molecule has 0 aromatic carbocycles. The van der Waals surface area contributed by atoms with E-state index in [0.29, 0.717) is 0 Å². The van der Waals surface area contributed by atoms with Crippen LogP contribution in [0.2, 0.25) is 0 Å². The van der Waals surface area contributed by atoms with Crippen molar-refractivity contribution < 1.29 is 17.6 Å². The Morgan fingerprint density at radius 1 is 1.43 bits per heavy atom. The van der Waals surface area contributed by atoms with E-state index in [9.17, 15) is 17.6 Å². The fourth-order valence-electron chi connectivity index (χ4n) is 0.939. The van der Waals surface area contributed by atoms with Gasteiger partial charge in [0, 0.05) is 11.8 Å². The van der Waals surface area contributed by atoms with Gasteiger partial charge in [0.1, 0.15) is 6.04 Å². The van der Waals surface area contributed by atoms with Gasteiger partial charge >= 0.3 is 6.18 Å². The van der Waals surface area contributed by atoms with Crippen LogP contribution in [0, 0.1) is 12.9 Å². The molecular formula is C8H8F4N2. The first-order chi connectivity index (χ1) is 6.32. The molecule has 0 bridgehead atoms. The summed E-state index contributed by atoms with van der Waals surface area (Å²) in [7, 11) is 0. The highest BCUT2D eigenvalue weighted by molar-refractivity contribution is 5.21. The van der Waals surface area contributed by atoms with E-state index in [1.165, 1.54) is 6.92 Å². The monoisotopic (exact) mass is 208 g/mol. The van der Waals surface area contributed by atoms with Crippen LogP contribution in [0.1, 0.15) is 17.2 Å². The Morgan fingerprint density at radius 3 is 2.43 bits per heavy atom. The average molecular weight is 208 g/mol. The van der Waals surface area contributed by atoms with Crippen molar-refractivity contribution in [2.75, 3.05) is 0 Å². The third-order valence-electron chi connectivity index (χ3n) is 1.75. The van der Waals surface area contributed by atoms with Crippen LogP contribution in [0.4, 0.5) is 17.6 Å². The third-order valence-corrected chi connectivity index (χ3v) is 1.75. The van der Waals surface area contributed by atoms with Crippen LogP contribution in [-0.4, -0.2) is 11.2 Å². The number of pyridine rings is 1. The van der Waals surface area contributed by atoms with E-state index in [4.69, 9.17) is 5.73 Å². The molecule has 0 spiro atoms. The van der Waals surface area contributed by atoms with E-state index >= 15 is 0 Å². The van der Waals surface area contributed by atoms with Crippen molar-refractivity contribution in [3.05, 3.63) is 29.3 Å². The first kappa shape index (κ1) is 10.9. The van der Waals surface area contributed by atoms with Gasteiger partial charge in [0.15, 0.2) is 0 Å². The average Bonchev–Trinajstić information content (AvgIpc) is 2.07. The van der Waals surface area contributed by atoms with E-state index in [0.717, 1.165) is 12.3 Å². The molecule has 1 heterocycles. The van der Waals surface area contributed by atoms with E-state index in [2.05, 4.69) is 4.98 Å². The quantitative estimate of drug-likeness (QED) is 0.567. The minimum atomic E-state index is -4.54. The van der Waals surface area contributed by atoms with Gasteiger partial charge in [0.05, 0.1) is 0 Å². The number of hydrogen-bond acceptors (Lipinski definition) is 2. The second kappa shape index (κ2) is 3.53. The van der Waals surface area contributed by atoms with E-state index in [1.54, 1.807) is 0 Å². The number of alkyl halides is 3. The Labute approximate surface area is 77.7 Å². The second-order valence-electron chi connectivity index (χ2n) is 2.90. The van der Waals surface area contributed by atoms with Crippen molar-refractivity contribution in [1.29, 1.82) is 0 Å². The molecule has 1 atom stereocenters. The molecule has 0 aliphatic rings. The summed E-state index contributed by atoms with van der Waals surface area (Å²) < 4.78 is 49.0. The molecule has 6 heteroatoms. The fourth-order valence-corrected chi connectivity index (χ4v) is 0.939. The fraction of sp³-hybridized carbons (Fsp3) is 0.375. The first-order valence-electron chi connectivity index (χ1n) is 3.76. The standard InChI is InChI=1S/C8H8F4N2/c1-4-2-5(3-14-7(4)9)6(13)8(10,11)12/h2-3,6H,13H2,1H3/t6-/m0/s1. The maximum Gasteiger partial charge on any atom is 0.407 e. The van der Waals surface area contributed by atoms with Gasteiger partial charge in [-0.15, -0.1) is 0 Å². The van der Waals surface area contributed by atoms with Gasteiger partial charge in [-0.3, -0.25) is 0 Å². The zero-order valence-electron chi connectivity index (χ0n) is 7.27. The SMILES string of the molecule is Cc1cc([C@H](N)C(F)(F)F)cnc1F. The Balaban J connectivity index is 3.03. The van der Waals surface area contributed by atoms with Gasteiger partial charge in [0.2, 0.25) is 5.95 Å². The summed E-state index contributed by atoms with van der Waals surface area (Å²) in [6, 6.07) is -1.07. The van der Waals surface area contributed by atoms with Gasteiger partial charge < -0.3 is 5.73 Å². The molecule has 1 aromatic heterocycles. The molecule has 0 saturated heterocycles. The Morgan fingerprint density at radius 2 is 2.00 bits per heavy atom. The summed E-state index contributed by atoms with van der Waals surface area (Å²) in [6.07, 6.45) is -3.74. The molecule has 2 nitrogen and oxygen atoms in total. The lowest BCUT2D eigenvalue weighted by Crippen LogP contribution is -2.28. The summed E-state index contributed by atoms with van der Waals surface area (Å²) in [5, 5.41) is 0. The van der Waals surface area contributed by atoms with Crippen molar-refractivity contribution in [2.24, 2.45) is 5.73 Å². The number of hydrogen-bond donors (Lipinski definition) is 1. The normalized spacial score (nSPS) is 14.1. The van der Waals surface area contributed by atoms with Crippen molar-refractivity contribution in [3.8, 4) is 0 Å². The van der Waals surface area contributed by atoms with Crippen molar-refractivity contribution in [3.63, 3.8) is 0 Å². The van der Waals surface area contributed by atoms with E-state index in [1.807, 2.05) is 0 Å². The number of nitrogens with zero attached hydrogens (tertiary/aromatic N) is 1. The Bertz CT molecular complexity index is 335. The van der Waals surface area contributed by atoms with Gasteiger partial charge in [-0.05, 0) is 18.6 Å². The summed E-state index contributed by atoms with van der Waals surface area (Å²) >= 11 is 0. The van der Waals surface area contributed by atoms with Crippen LogP contribution in [0.3, 0.4) is 0 Å². The highest BCUT2D eigenvalue weighted by Gasteiger charge is 2.38. The molecule has 1 aromatic rings. The predicted molar refractivity (Wildman–Crippen MR) is 41.9 cm³/mol. The van der Waals surface area contributed by atoms with Crippen LogP contribution >= 0.6 is 0 Å². The highest BCUT2D eigenvalue weighted by atomic mass is 19.4. The minimum Gasteiger partial charge on any atom is -0.316 e. The third kappa shape index (κ3) is 2.20. The van der Waals surface area contributed by atoms with Crippen LogP contribution < -0.4 is 5.73 Å². The zero-order chi connectivity index (χ0) is 10.9. The smallest absolute Gasteiger partial charge is 0.316 e. The Hall–Kier alpha value is -1.17. The summed E-state index contributed by atoms with van der Waals surface area (Å²) in [5.41, 5.74) is 4.71. The lowest BCUT2D eigenvalue weighted by atomic mass is 10.1. The second-order valence-corrected chi connectivity index (χ2v) is 2.90. The molecule has 0 fully saturated rings. The molecule has 0 unspecified atom stereocenters. The summed E-state index contributed by atoms with van der Waals surface area (Å²) in [5.74, 6) is -0.789. The lowest BCUT2D eigenvalue weighted by Gasteiger charge is -2.15. The van der Waals surface area contributed by atoms with E-state index in [-0.39, 0.29) is 11.1 Å². The molecular weight excluding hydrogens is 200 g/mol. The minimum absolute atomic E-state index is 0.0437. The van der Waals surface area contributed by atoms with Gasteiger partial charge in [-0.25, -0.2) is 4.98 Å². The van der Waals surface area contributed by atoms with Gasteiger partial charge in [-0.1, -0.05) is 0 Å². The van der Waals surface area contributed by atoms with Crippen molar-refractivity contribution in [1.82, 2.24) is 4.98 Å². The number of nitrogens with two attached hydrogens (primary N) is 1. The summed E-state index contributed by atoms with van der Waals surface area (Å²) in [4.78, 5) is 3.17. The number of rotatable bonds is 1. The molecule has 0 radical (unpaired) electrons. The molecule has 0 saturated carbocycles. The number of halogens is 4. The van der Waals surface area contributed by atoms with Crippen molar-refractivity contribution >= 4 is 0 Å². The Kier molecular flexibility index (Phi) is 2.75. The first-order valence-corrected chi connectivity index (χ1v) is 3.76. The molecule has 1 rings (SSSR count). The van der Waals surface area contributed by atoms with E-state index < -0.39 is 18.2 Å². The van der Waals surface area contributed by atoms with Gasteiger partial charge in [-0.2, -0.15) is 17.6 Å². The largest absolute Gasteiger partial charge is 0.407 e. The zero-order valence-corrected chi connectivity index (χ0v) is 7.27. The number of aryl methyl sites for hydroxylation is 1. The van der Waals surface area contributed by atoms with Crippen LogP contribution in [0.25, 0.3) is 0 Å². The topological polar surface area (TPSA) is 38.9 Å². The molecule has 14 heavy (non-hydrogen) atoms. The maximum absolute atomic E-state index is 12.6. The predicted octanol–water partition coefficient (Wildman–Crippen LogP) is 2.09. The van der Waals surface area contributed by atoms with Gasteiger partial charge in [0.25, 0.3) is 0 Å². The molecule has 0 amide bonds. The lowest BCUT2D eigenvalue weighted by molar-refractivity contribution is -0.149. The molecule has 0 aliphatic heterocycles. The maximum atomic E-state index is 12.6.